The predicted molar refractivity (Wildman–Crippen MR) is 115 cm³/mol. The van der Waals surface area contributed by atoms with E-state index in [0.717, 1.165) is 17.6 Å². The lowest BCUT2D eigenvalue weighted by Gasteiger charge is -2.10. The van der Waals surface area contributed by atoms with Crippen molar-refractivity contribution in [3.63, 3.8) is 0 Å². The summed E-state index contributed by atoms with van der Waals surface area (Å²) in [5.41, 5.74) is 1.55. The third-order valence-corrected chi connectivity index (χ3v) is 4.55. The van der Waals surface area contributed by atoms with E-state index in [1.165, 1.54) is 25.6 Å². The maximum absolute atomic E-state index is 13.8. The van der Waals surface area contributed by atoms with Crippen LogP contribution in [0.4, 0.5) is 21.6 Å². The van der Waals surface area contributed by atoms with Gasteiger partial charge in [0.2, 0.25) is 0 Å². The zero-order valence-corrected chi connectivity index (χ0v) is 16.8. The first-order chi connectivity index (χ1) is 15.0. The zero-order valence-electron chi connectivity index (χ0n) is 16.8. The van der Waals surface area contributed by atoms with E-state index in [4.69, 9.17) is 4.74 Å². The molecule has 156 valence electrons. The second kappa shape index (κ2) is 8.62. The van der Waals surface area contributed by atoms with Crippen molar-refractivity contribution in [3.05, 3.63) is 84.5 Å². The number of carbonyl (C=O) groups excluding carboxylic acids is 1. The lowest BCUT2D eigenvalue weighted by molar-refractivity contribution is 0.102. The number of aryl methyl sites for hydroxylation is 1. The molecule has 2 heterocycles. The number of methoxy groups -OCH3 is 1. The number of ether oxygens (including phenoxy) is 1. The minimum absolute atomic E-state index is 0.0862. The Hall–Kier alpha value is -4.27. The van der Waals surface area contributed by atoms with Gasteiger partial charge in [0.05, 0.1) is 7.11 Å². The highest BCUT2D eigenvalue weighted by molar-refractivity contribution is 6.04. The maximum Gasteiger partial charge on any atom is 0.255 e. The highest BCUT2D eigenvalue weighted by atomic mass is 19.1. The molecule has 0 radical (unpaired) electrons. The molecule has 0 aliphatic carbocycles. The fourth-order valence-corrected chi connectivity index (χ4v) is 2.96. The van der Waals surface area contributed by atoms with E-state index in [-0.39, 0.29) is 11.3 Å². The van der Waals surface area contributed by atoms with Crippen LogP contribution < -0.4 is 15.4 Å². The van der Waals surface area contributed by atoms with E-state index in [9.17, 15) is 9.18 Å². The zero-order chi connectivity index (χ0) is 21.8. The molecule has 0 saturated heterocycles. The molecule has 4 rings (SSSR count). The number of rotatable bonds is 6. The molecular formula is C22H19FN6O2. The molecule has 1 amide bonds. The van der Waals surface area contributed by atoms with Gasteiger partial charge in [0, 0.05) is 35.4 Å². The van der Waals surface area contributed by atoms with Crippen LogP contribution in [0.5, 0.6) is 5.75 Å². The van der Waals surface area contributed by atoms with Gasteiger partial charge in [0.25, 0.3) is 5.91 Å². The highest BCUT2D eigenvalue weighted by Crippen LogP contribution is 2.21. The standard InChI is InChI=1S/C22H19FN6O2/c1-14-24-9-10-29(14)21-12-20(25-13-26-21)27-16-4-6-17(7-5-16)28-22(30)15-3-8-19(31-2)18(23)11-15/h3-13H,1-2H3,(H,28,30)(H,25,26,27). The number of halogens is 1. The van der Waals surface area contributed by atoms with Gasteiger partial charge in [-0.15, -0.1) is 0 Å². The molecule has 4 aromatic rings. The topological polar surface area (TPSA) is 94.0 Å². The Balaban J connectivity index is 1.43. The minimum atomic E-state index is -0.593. The second-order valence-corrected chi connectivity index (χ2v) is 6.61. The van der Waals surface area contributed by atoms with Gasteiger partial charge in [-0.25, -0.2) is 19.3 Å². The molecule has 0 fully saturated rings. The van der Waals surface area contributed by atoms with Crippen molar-refractivity contribution in [2.75, 3.05) is 17.7 Å². The summed E-state index contributed by atoms with van der Waals surface area (Å²) in [6.45, 7) is 1.89. The smallest absolute Gasteiger partial charge is 0.255 e. The molecule has 0 aliphatic heterocycles. The quantitative estimate of drug-likeness (QED) is 0.489. The van der Waals surface area contributed by atoms with Crippen LogP contribution in [-0.2, 0) is 0 Å². The predicted octanol–water partition coefficient (Wildman–Crippen LogP) is 4.11. The van der Waals surface area contributed by atoms with Crippen molar-refractivity contribution in [1.82, 2.24) is 19.5 Å². The van der Waals surface area contributed by atoms with Crippen molar-refractivity contribution < 1.29 is 13.9 Å². The number of amides is 1. The van der Waals surface area contributed by atoms with E-state index in [1.54, 1.807) is 30.5 Å². The van der Waals surface area contributed by atoms with Gasteiger partial charge in [-0.2, -0.15) is 0 Å². The maximum atomic E-state index is 13.8. The highest BCUT2D eigenvalue weighted by Gasteiger charge is 2.11. The van der Waals surface area contributed by atoms with Crippen LogP contribution in [0.1, 0.15) is 16.2 Å². The van der Waals surface area contributed by atoms with Crippen LogP contribution in [-0.4, -0.2) is 32.5 Å². The average Bonchev–Trinajstić information content (AvgIpc) is 3.21. The number of hydrogen-bond acceptors (Lipinski definition) is 6. The minimum Gasteiger partial charge on any atom is -0.494 e. The molecule has 0 aliphatic rings. The molecule has 0 spiro atoms. The van der Waals surface area contributed by atoms with Gasteiger partial charge in [-0.3, -0.25) is 9.36 Å². The fraction of sp³-hybridized carbons (Fsp3) is 0.0909. The first kappa shape index (κ1) is 20.0. The van der Waals surface area contributed by atoms with E-state index < -0.39 is 11.7 Å². The molecule has 2 N–H and O–H groups in total. The van der Waals surface area contributed by atoms with Gasteiger partial charge in [0.1, 0.15) is 23.8 Å². The van der Waals surface area contributed by atoms with Crippen molar-refractivity contribution >= 4 is 23.1 Å². The lowest BCUT2D eigenvalue weighted by atomic mass is 10.2. The van der Waals surface area contributed by atoms with Gasteiger partial charge in [-0.05, 0) is 49.4 Å². The monoisotopic (exact) mass is 418 g/mol. The van der Waals surface area contributed by atoms with Crippen molar-refractivity contribution in [2.45, 2.75) is 6.92 Å². The van der Waals surface area contributed by atoms with E-state index >= 15 is 0 Å². The van der Waals surface area contributed by atoms with Crippen LogP contribution in [0.3, 0.4) is 0 Å². The number of hydrogen-bond donors (Lipinski definition) is 2. The number of anilines is 3. The summed E-state index contributed by atoms with van der Waals surface area (Å²) in [6, 6.07) is 12.9. The molecule has 9 heteroatoms. The van der Waals surface area contributed by atoms with Gasteiger partial charge in [0.15, 0.2) is 11.6 Å². The third-order valence-electron chi connectivity index (χ3n) is 4.55. The molecule has 0 bridgehead atoms. The Kier molecular flexibility index (Phi) is 5.57. The Bertz CT molecular complexity index is 1220. The Labute approximate surface area is 177 Å². The Morgan fingerprint density at radius 2 is 1.81 bits per heavy atom. The van der Waals surface area contributed by atoms with Crippen molar-refractivity contribution in [1.29, 1.82) is 0 Å². The van der Waals surface area contributed by atoms with E-state index in [0.29, 0.717) is 17.3 Å². The van der Waals surface area contributed by atoms with Crippen LogP contribution in [0.2, 0.25) is 0 Å². The van der Waals surface area contributed by atoms with Crippen LogP contribution in [0, 0.1) is 12.7 Å². The number of nitrogens with zero attached hydrogens (tertiary/aromatic N) is 4. The molecule has 2 aromatic carbocycles. The van der Waals surface area contributed by atoms with Gasteiger partial charge in [-0.1, -0.05) is 0 Å². The molecule has 31 heavy (non-hydrogen) atoms. The normalized spacial score (nSPS) is 10.5. The molecule has 2 aromatic heterocycles. The summed E-state index contributed by atoms with van der Waals surface area (Å²) >= 11 is 0. The van der Waals surface area contributed by atoms with Gasteiger partial charge < -0.3 is 15.4 Å². The average molecular weight is 418 g/mol. The molecule has 0 unspecified atom stereocenters. The van der Waals surface area contributed by atoms with Crippen LogP contribution >= 0.6 is 0 Å². The lowest BCUT2D eigenvalue weighted by Crippen LogP contribution is -2.12. The number of carbonyl (C=O) groups is 1. The summed E-state index contributed by atoms with van der Waals surface area (Å²) in [6.07, 6.45) is 5.01. The summed E-state index contributed by atoms with van der Waals surface area (Å²) in [5.74, 6) is 1.21. The summed E-state index contributed by atoms with van der Waals surface area (Å²) in [7, 11) is 1.37. The third kappa shape index (κ3) is 4.50. The number of imidazole rings is 1. The first-order valence-corrected chi connectivity index (χ1v) is 9.38. The molecule has 8 nitrogen and oxygen atoms in total. The second-order valence-electron chi connectivity index (χ2n) is 6.61. The van der Waals surface area contributed by atoms with Crippen molar-refractivity contribution in [2.24, 2.45) is 0 Å². The number of nitrogens with one attached hydrogen (secondary N) is 2. The van der Waals surface area contributed by atoms with Crippen LogP contribution in [0.15, 0.2) is 67.3 Å². The van der Waals surface area contributed by atoms with E-state index in [2.05, 4.69) is 25.6 Å². The first-order valence-electron chi connectivity index (χ1n) is 9.38. The number of aromatic nitrogens is 4. The fourth-order valence-electron chi connectivity index (χ4n) is 2.96. The molecule has 0 atom stereocenters. The molecular weight excluding hydrogens is 399 g/mol. The largest absolute Gasteiger partial charge is 0.494 e. The number of benzene rings is 2. The van der Waals surface area contributed by atoms with E-state index in [1.807, 2.05) is 23.8 Å². The van der Waals surface area contributed by atoms with Crippen LogP contribution in [0.25, 0.3) is 5.82 Å². The van der Waals surface area contributed by atoms with Gasteiger partial charge >= 0.3 is 0 Å². The summed E-state index contributed by atoms with van der Waals surface area (Å²) in [4.78, 5) is 25.1. The molecule has 0 saturated carbocycles. The Morgan fingerprint density at radius 1 is 1.03 bits per heavy atom. The Morgan fingerprint density at radius 3 is 2.48 bits per heavy atom. The SMILES string of the molecule is COc1ccc(C(=O)Nc2ccc(Nc3cc(-n4ccnc4C)ncn3)cc2)cc1F. The summed E-state index contributed by atoms with van der Waals surface area (Å²) in [5, 5.41) is 5.93. The van der Waals surface area contributed by atoms with Crippen molar-refractivity contribution in [3.8, 4) is 11.6 Å². The summed E-state index contributed by atoms with van der Waals surface area (Å²) < 4.78 is 20.5.